The molecule has 2 rings (SSSR count). The molecule has 0 aromatic heterocycles. The fraction of sp³-hybridized carbons (Fsp3) is 0.440. The second-order valence-electron chi connectivity index (χ2n) is 7.02. The number of methoxy groups -OCH3 is 2. The normalized spacial score (nSPS) is 14.5. The fourth-order valence-electron chi connectivity index (χ4n) is 3.04. The lowest BCUT2D eigenvalue weighted by Gasteiger charge is -2.32. The van der Waals surface area contributed by atoms with Crippen molar-refractivity contribution in [2.24, 2.45) is 0 Å². The van der Waals surface area contributed by atoms with Gasteiger partial charge in [0.05, 0.1) is 26.4 Å². The van der Waals surface area contributed by atoms with Crippen LogP contribution in [0.15, 0.2) is 72.8 Å². The van der Waals surface area contributed by atoms with Gasteiger partial charge in [-0.25, -0.2) is 0 Å². The molecule has 0 aliphatic rings. The van der Waals surface area contributed by atoms with Crippen LogP contribution >= 0.6 is 0 Å². The highest BCUT2D eigenvalue weighted by molar-refractivity contribution is 5.14. The zero-order valence-electron chi connectivity index (χ0n) is 18.8. The summed E-state index contributed by atoms with van der Waals surface area (Å²) in [5.74, 6) is 0. The van der Waals surface area contributed by atoms with Crippen LogP contribution in [0.2, 0.25) is 0 Å². The zero-order valence-corrected chi connectivity index (χ0v) is 18.8. The molecular weight excluding hydrogens is 412 g/mol. The number of ether oxygens (including phenoxy) is 6. The maximum atomic E-state index is 9.29. The van der Waals surface area contributed by atoms with Crippen molar-refractivity contribution in [3.05, 3.63) is 83.9 Å². The van der Waals surface area contributed by atoms with E-state index in [1.165, 1.54) is 0 Å². The molecule has 2 aromatic carbocycles. The van der Waals surface area contributed by atoms with E-state index in [2.05, 4.69) is 0 Å². The Hall–Kier alpha value is -2.10. The summed E-state index contributed by atoms with van der Waals surface area (Å²) in [5, 5.41) is 9.29. The minimum Gasteiger partial charge on any atom is -0.392 e. The first kappa shape index (κ1) is 26.2. The molecule has 2 aromatic rings. The van der Waals surface area contributed by atoms with Crippen LogP contribution in [0.3, 0.4) is 0 Å². The fourth-order valence-corrected chi connectivity index (χ4v) is 3.04. The lowest BCUT2D eigenvalue weighted by Crippen LogP contribution is -2.45. The van der Waals surface area contributed by atoms with Gasteiger partial charge < -0.3 is 33.5 Å². The van der Waals surface area contributed by atoms with Gasteiger partial charge in [-0.3, -0.25) is 0 Å². The van der Waals surface area contributed by atoms with Gasteiger partial charge in [0.1, 0.15) is 31.9 Å². The number of hydrogen-bond acceptors (Lipinski definition) is 7. The van der Waals surface area contributed by atoms with Crippen molar-refractivity contribution < 1.29 is 33.5 Å². The number of hydrogen-bond donors (Lipinski definition) is 1. The molecule has 0 bridgehead atoms. The van der Waals surface area contributed by atoms with Crippen molar-refractivity contribution in [2.45, 2.75) is 31.5 Å². The molecule has 0 saturated carbocycles. The van der Waals surface area contributed by atoms with E-state index in [4.69, 9.17) is 28.4 Å². The van der Waals surface area contributed by atoms with Crippen molar-refractivity contribution in [1.82, 2.24) is 0 Å². The second kappa shape index (κ2) is 16.5. The molecule has 3 atom stereocenters. The minimum atomic E-state index is -0.543. The van der Waals surface area contributed by atoms with Gasteiger partial charge in [0.15, 0.2) is 0 Å². The van der Waals surface area contributed by atoms with Gasteiger partial charge in [-0.05, 0) is 11.1 Å². The number of rotatable bonds is 17. The van der Waals surface area contributed by atoms with Crippen molar-refractivity contribution in [1.29, 1.82) is 0 Å². The molecule has 0 radical (unpaired) electrons. The molecule has 176 valence electrons. The molecule has 0 saturated heterocycles. The first-order valence-corrected chi connectivity index (χ1v) is 10.5. The maximum Gasteiger partial charge on any atom is 0.147 e. The van der Waals surface area contributed by atoms with Crippen LogP contribution in [-0.2, 0) is 41.6 Å². The Morgan fingerprint density at radius 3 is 1.97 bits per heavy atom. The van der Waals surface area contributed by atoms with Crippen molar-refractivity contribution in [3.8, 4) is 0 Å². The molecule has 0 heterocycles. The third-order valence-electron chi connectivity index (χ3n) is 4.58. The van der Waals surface area contributed by atoms with Gasteiger partial charge in [0, 0.05) is 14.2 Å². The van der Waals surface area contributed by atoms with Crippen molar-refractivity contribution in [2.75, 3.05) is 41.0 Å². The summed E-state index contributed by atoms with van der Waals surface area (Å²) in [6.45, 7) is 1.08. The summed E-state index contributed by atoms with van der Waals surface area (Å²) in [7, 11) is 3.11. The molecule has 2 unspecified atom stereocenters. The first-order chi connectivity index (χ1) is 15.8. The second-order valence-corrected chi connectivity index (χ2v) is 7.02. The quantitative estimate of drug-likeness (QED) is 0.295. The van der Waals surface area contributed by atoms with Gasteiger partial charge in [-0.15, -0.1) is 0 Å². The minimum absolute atomic E-state index is 0.0630. The first-order valence-electron chi connectivity index (χ1n) is 10.5. The Kier molecular flexibility index (Phi) is 13.5. The van der Waals surface area contributed by atoms with Crippen LogP contribution in [0.4, 0.5) is 0 Å². The average Bonchev–Trinajstić information content (AvgIpc) is 2.84. The average molecular weight is 447 g/mol. The Labute approximate surface area is 190 Å². The van der Waals surface area contributed by atoms with Crippen LogP contribution in [-0.4, -0.2) is 64.4 Å². The number of benzene rings is 2. The van der Waals surface area contributed by atoms with Crippen LogP contribution < -0.4 is 0 Å². The number of aliphatic hydroxyl groups is 1. The zero-order chi connectivity index (χ0) is 22.9. The van der Waals surface area contributed by atoms with E-state index >= 15 is 0 Å². The molecule has 1 N–H and O–H groups in total. The molecule has 7 heteroatoms. The lowest BCUT2D eigenvalue weighted by molar-refractivity contribution is -0.191. The van der Waals surface area contributed by atoms with Crippen molar-refractivity contribution >= 4 is 0 Å². The highest BCUT2D eigenvalue weighted by atomic mass is 16.7. The van der Waals surface area contributed by atoms with Gasteiger partial charge in [-0.1, -0.05) is 72.8 Å². The van der Waals surface area contributed by atoms with Crippen molar-refractivity contribution in [3.63, 3.8) is 0 Å². The molecular formula is C25H34O7. The topological polar surface area (TPSA) is 75.6 Å². The molecule has 0 aliphatic heterocycles. The van der Waals surface area contributed by atoms with Gasteiger partial charge in [-0.2, -0.15) is 0 Å². The monoisotopic (exact) mass is 446 g/mol. The van der Waals surface area contributed by atoms with Crippen LogP contribution in [0.1, 0.15) is 11.1 Å². The standard InChI is InChI=1S/C25H34O7/c1-27-19-31-23(14-9-15-26)25(30-17-22-12-7-4-8-13-22)24(32-20-28-2)18-29-16-21-10-5-3-6-11-21/h3-14,23-26H,15-20H2,1-2H3/t23-,24?,25?/m0/s1. The highest BCUT2D eigenvalue weighted by Crippen LogP contribution is 2.18. The van der Waals surface area contributed by atoms with E-state index in [1.807, 2.05) is 60.7 Å². The van der Waals surface area contributed by atoms with E-state index < -0.39 is 18.3 Å². The SMILES string of the molecule is COCOC(COCc1ccccc1)C(OCc1ccccc1)[C@H](C=CCO)OCOC. The predicted molar refractivity (Wildman–Crippen MR) is 121 cm³/mol. The van der Waals surface area contributed by atoms with Crippen LogP contribution in [0.25, 0.3) is 0 Å². The Morgan fingerprint density at radius 1 is 0.781 bits per heavy atom. The smallest absolute Gasteiger partial charge is 0.147 e. The third kappa shape index (κ3) is 10.0. The molecule has 32 heavy (non-hydrogen) atoms. The van der Waals surface area contributed by atoms with Gasteiger partial charge >= 0.3 is 0 Å². The Bertz CT molecular complexity index is 724. The summed E-state index contributed by atoms with van der Waals surface area (Å²) in [6, 6.07) is 19.8. The molecule has 0 amide bonds. The van der Waals surface area contributed by atoms with E-state index in [1.54, 1.807) is 26.4 Å². The summed E-state index contributed by atoms with van der Waals surface area (Å²) in [5.41, 5.74) is 2.08. The molecule has 0 aliphatic carbocycles. The number of aliphatic hydroxyl groups excluding tert-OH is 1. The van der Waals surface area contributed by atoms with Gasteiger partial charge in [0.25, 0.3) is 0 Å². The largest absolute Gasteiger partial charge is 0.392 e. The van der Waals surface area contributed by atoms with E-state index in [0.29, 0.717) is 13.2 Å². The summed E-state index contributed by atoms with van der Waals surface area (Å²) in [4.78, 5) is 0. The maximum absolute atomic E-state index is 9.29. The predicted octanol–water partition coefficient (Wildman–Crippen LogP) is 3.32. The molecule has 7 nitrogen and oxygen atoms in total. The Morgan fingerprint density at radius 2 is 1.38 bits per heavy atom. The van der Waals surface area contributed by atoms with E-state index in [-0.39, 0.29) is 26.8 Å². The third-order valence-corrected chi connectivity index (χ3v) is 4.58. The summed E-state index contributed by atoms with van der Waals surface area (Å²) < 4.78 is 34.2. The van der Waals surface area contributed by atoms with Crippen LogP contribution in [0, 0.1) is 0 Å². The van der Waals surface area contributed by atoms with Crippen LogP contribution in [0.5, 0.6) is 0 Å². The Balaban J connectivity index is 2.16. The van der Waals surface area contributed by atoms with E-state index in [9.17, 15) is 5.11 Å². The summed E-state index contributed by atoms with van der Waals surface area (Å²) in [6.07, 6.45) is 1.78. The highest BCUT2D eigenvalue weighted by Gasteiger charge is 2.31. The van der Waals surface area contributed by atoms with Gasteiger partial charge in [0.2, 0.25) is 0 Å². The lowest BCUT2D eigenvalue weighted by atomic mass is 10.1. The molecule has 0 fully saturated rings. The van der Waals surface area contributed by atoms with E-state index in [0.717, 1.165) is 11.1 Å². The summed E-state index contributed by atoms with van der Waals surface area (Å²) >= 11 is 0. The molecule has 0 spiro atoms.